The van der Waals surface area contributed by atoms with Gasteiger partial charge in [-0.15, -0.1) is 23.8 Å². The second kappa shape index (κ2) is 17.0. The summed E-state index contributed by atoms with van der Waals surface area (Å²) in [6.07, 6.45) is 1.87. The molecule has 9 aromatic rings. The predicted molar refractivity (Wildman–Crippen MR) is 250 cm³/mol. The molecule has 5 heteroatoms. The maximum Gasteiger partial charge on any atom is 0.148 e. The number of rotatable bonds is 8. The van der Waals surface area contributed by atoms with Crippen LogP contribution in [0.15, 0.2) is 170 Å². The summed E-state index contributed by atoms with van der Waals surface area (Å²) in [7, 11) is 0. The quantitative estimate of drug-likeness (QED) is 0.154. The van der Waals surface area contributed by atoms with E-state index < -0.39 is 5.89 Å². The molecule has 0 aliphatic heterocycles. The SMILES string of the molecule is [2H]C(C)(C)c1ccc(-n2c(-c3cc(C)cc(C(C)(C)C)c3O)nc3c(-c4[c-]c(-c5cc(-c6ccccc6)ccn5)cc(-c5ccccc5)c4)cccc32)c(-c2ccccc2)c1.[Pt]. The number of hydrogen-bond donors (Lipinski definition) is 1. The van der Waals surface area contributed by atoms with E-state index in [4.69, 9.17) is 11.3 Å². The van der Waals surface area contributed by atoms with Crippen LogP contribution < -0.4 is 0 Å². The first-order chi connectivity index (χ1) is 29.3. The molecule has 4 nitrogen and oxygen atoms in total. The van der Waals surface area contributed by atoms with Gasteiger partial charge < -0.3 is 5.11 Å². The third kappa shape index (κ3) is 8.13. The van der Waals surface area contributed by atoms with Crippen LogP contribution in [-0.2, 0) is 26.5 Å². The van der Waals surface area contributed by atoms with Gasteiger partial charge in [-0.3, -0.25) is 9.55 Å². The molecule has 0 bridgehead atoms. The second-order valence-electron chi connectivity index (χ2n) is 16.9. The van der Waals surface area contributed by atoms with Crippen molar-refractivity contribution in [3.8, 4) is 78.6 Å². The van der Waals surface area contributed by atoms with E-state index in [1.165, 1.54) is 0 Å². The summed E-state index contributed by atoms with van der Waals surface area (Å²) in [4.78, 5) is 10.4. The van der Waals surface area contributed by atoms with Crippen molar-refractivity contribution < 1.29 is 27.5 Å². The average molecular weight is 975 g/mol. The van der Waals surface area contributed by atoms with Gasteiger partial charge >= 0.3 is 0 Å². The zero-order valence-electron chi connectivity index (χ0n) is 36.3. The zero-order valence-corrected chi connectivity index (χ0v) is 37.5. The smallest absolute Gasteiger partial charge is 0.148 e. The number of hydrogen-bond acceptors (Lipinski definition) is 3. The van der Waals surface area contributed by atoms with Crippen molar-refractivity contribution in [2.45, 2.75) is 52.9 Å². The summed E-state index contributed by atoms with van der Waals surface area (Å²) in [5.74, 6) is 0.0182. The topological polar surface area (TPSA) is 50.9 Å². The van der Waals surface area contributed by atoms with Crippen molar-refractivity contribution in [1.29, 1.82) is 0 Å². The van der Waals surface area contributed by atoms with Crippen LogP contribution in [-0.4, -0.2) is 19.6 Å². The van der Waals surface area contributed by atoms with Crippen molar-refractivity contribution in [3.05, 3.63) is 193 Å². The molecule has 0 saturated carbocycles. The van der Waals surface area contributed by atoms with Gasteiger partial charge in [0.05, 0.1) is 22.3 Å². The molecule has 304 valence electrons. The fourth-order valence-electron chi connectivity index (χ4n) is 8.19. The third-order valence-corrected chi connectivity index (χ3v) is 11.3. The van der Waals surface area contributed by atoms with E-state index in [0.29, 0.717) is 11.4 Å². The van der Waals surface area contributed by atoms with Gasteiger partial charge in [-0.05, 0) is 81.9 Å². The Balaban J connectivity index is 0.00000529. The average Bonchev–Trinajstić information content (AvgIpc) is 3.66. The molecule has 2 heterocycles. The molecule has 0 unspecified atom stereocenters. The zero-order chi connectivity index (χ0) is 42.5. The first kappa shape index (κ1) is 40.1. The summed E-state index contributed by atoms with van der Waals surface area (Å²) in [6.45, 7) is 12.3. The summed E-state index contributed by atoms with van der Waals surface area (Å²) in [5.41, 5.74) is 15.5. The Morgan fingerprint density at radius 2 is 1.26 bits per heavy atom. The monoisotopic (exact) mass is 974 g/mol. The van der Waals surface area contributed by atoms with Gasteiger partial charge in [0.1, 0.15) is 11.6 Å². The van der Waals surface area contributed by atoms with Crippen LogP contribution in [0.4, 0.5) is 0 Å². The molecule has 0 aliphatic carbocycles. The molecule has 1 N–H and O–H groups in total. The Kier molecular flexibility index (Phi) is 11.1. The Hall–Kier alpha value is -6.35. The van der Waals surface area contributed by atoms with Crippen molar-refractivity contribution in [2.75, 3.05) is 0 Å². The number of fused-ring (bicyclic) bond motifs is 1. The molecule has 0 saturated heterocycles. The van der Waals surface area contributed by atoms with Crippen LogP contribution in [0.5, 0.6) is 5.75 Å². The number of aromatic hydroxyl groups is 1. The van der Waals surface area contributed by atoms with Crippen molar-refractivity contribution >= 4 is 11.0 Å². The predicted octanol–water partition coefficient (Wildman–Crippen LogP) is 14.7. The minimum absolute atomic E-state index is 0. The van der Waals surface area contributed by atoms with Gasteiger partial charge in [0.2, 0.25) is 0 Å². The maximum atomic E-state index is 12.3. The normalized spacial score (nSPS) is 11.9. The van der Waals surface area contributed by atoms with Crippen molar-refractivity contribution in [1.82, 2.24) is 14.5 Å². The van der Waals surface area contributed by atoms with Crippen LogP contribution in [0.3, 0.4) is 0 Å². The first-order valence-corrected chi connectivity index (χ1v) is 20.5. The third-order valence-electron chi connectivity index (χ3n) is 11.3. The molecule has 7 aromatic carbocycles. The molecule has 0 radical (unpaired) electrons. The van der Waals surface area contributed by atoms with E-state index in [1.807, 2.05) is 68.6 Å². The molecular formula is C56H48N3OPt-. The molecule has 0 spiro atoms. The van der Waals surface area contributed by atoms with Crippen LogP contribution >= 0.6 is 0 Å². The van der Waals surface area contributed by atoms with Gasteiger partial charge in [0, 0.05) is 45.5 Å². The van der Waals surface area contributed by atoms with E-state index in [0.717, 1.165) is 89.2 Å². The van der Waals surface area contributed by atoms with Gasteiger partial charge in [-0.2, -0.15) is 0 Å². The number of aryl methyl sites for hydroxylation is 1. The molecule has 0 amide bonds. The van der Waals surface area contributed by atoms with E-state index >= 15 is 0 Å². The van der Waals surface area contributed by atoms with Gasteiger partial charge in [0.25, 0.3) is 0 Å². The number of aromatic nitrogens is 3. The second-order valence-corrected chi connectivity index (χ2v) is 16.9. The van der Waals surface area contributed by atoms with Crippen LogP contribution in [0, 0.1) is 13.0 Å². The number of pyridine rings is 1. The summed E-state index contributed by atoms with van der Waals surface area (Å²) in [6, 6.07) is 60.1. The van der Waals surface area contributed by atoms with Gasteiger partial charge in [-0.1, -0.05) is 173 Å². The Labute approximate surface area is 375 Å². The molecule has 9 rings (SSSR count). The van der Waals surface area contributed by atoms with E-state index in [2.05, 4.69) is 154 Å². The molecular weight excluding hydrogens is 926 g/mol. The fraction of sp³-hybridized carbons (Fsp3) is 0.143. The number of nitrogens with zero attached hydrogens (tertiary/aromatic N) is 3. The van der Waals surface area contributed by atoms with Crippen molar-refractivity contribution in [2.24, 2.45) is 0 Å². The largest absolute Gasteiger partial charge is 0.507 e. The number of imidazole rings is 1. The molecule has 61 heavy (non-hydrogen) atoms. The Morgan fingerprint density at radius 1 is 0.623 bits per heavy atom. The van der Waals surface area contributed by atoms with Crippen LogP contribution in [0.2, 0.25) is 0 Å². The maximum absolute atomic E-state index is 12.3. The Morgan fingerprint density at radius 3 is 1.92 bits per heavy atom. The first-order valence-electron chi connectivity index (χ1n) is 21.0. The van der Waals surface area contributed by atoms with Crippen LogP contribution in [0.1, 0.15) is 58.6 Å². The number of phenols is 1. The van der Waals surface area contributed by atoms with E-state index in [1.54, 1.807) is 0 Å². The molecule has 2 aromatic heterocycles. The molecule has 0 atom stereocenters. The van der Waals surface area contributed by atoms with Crippen LogP contribution in [0.25, 0.3) is 83.9 Å². The van der Waals surface area contributed by atoms with Gasteiger partial charge in [0.15, 0.2) is 0 Å². The minimum atomic E-state index is -0.821. The minimum Gasteiger partial charge on any atom is -0.507 e. The summed E-state index contributed by atoms with van der Waals surface area (Å²) < 4.78 is 11.2. The van der Waals surface area contributed by atoms with Crippen molar-refractivity contribution in [3.63, 3.8) is 0 Å². The summed E-state index contributed by atoms with van der Waals surface area (Å²) >= 11 is 0. The van der Waals surface area contributed by atoms with E-state index in [9.17, 15) is 5.11 Å². The molecule has 0 fully saturated rings. The number of benzene rings is 7. The standard InChI is InChI=1S/C56H48N3O.Pt/c1-36(2)41-25-26-51(47(34-41)40-21-14-9-15-22-40)59-52-24-16-23-46(53(52)58-55(59)48-29-37(3)30-49(54(48)60)56(4,5)6)44-31-43(39-19-12-8-13-20-39)32-45(33-44)50-35-42(27-28-57-50)38-17-10-7-11-18-38;/h7-32,34-36,60H,1-6H3;/q-1;/i36D;. The Bertz CT molecular complexity index is 3050. The van der Waals surface area contributed by atoms with Gasteiger partial charge in [-0.25, -0.2) is 4.98 Å². The molecule has 0 aliphatic rings. The number of para-hydroxylation sites is 1. The number of phenolic OH excluding ortho intramolecular Hbond substituents is 1. The fourth-order valence-corrected chi connectivity index (χ4v) is 8.19. The van der Waals surface area contributed by atoms with E-state index in [-0.39, 0.29) is 32.2 Å². The summed E-state index contributed by atoms with van der Waals surface area (Å²) in [5, 5.41) is 12.3.